The van der Waals surface area contributed by atoms with Gasteiger partial charge < -0.3 is 15.9 Å². The molecule has 1 heterocycles. The van der Waals surface area contributed by atoms with E-state index in [2.05, 4.69) is 9.97 Å². The topological polar surface area (TPSA) is 92.3 Å². The molecule has 0 saturated carbocycles. The summed E-state index contributed by atoms with van der Waals surface area (Å²) in [6, 6.07) is 0. The van der Waals surface area contributed by atoms with E-state index in [-0.39, 0.29) is 6.61 Å². The smallest absolute Gasteiger partial charge is 0.141 e. The molecule has 1 unspecified atom stereocenters. The monoisotopic (exact) mass is 155 g/mol. The second-order valence-electron chi connectivity index (χ2n) is 2.06. The summed E-state index contributed by atoms with van der Waals surface area (Å²) in [6.45, 7) is -0.363. The Kier molecular flexibility index (Phi) is 2.35. The molecule has 5 nitrogen and oxygen atoms in total. The molecule has 4 N–H and O–H groups in total. The minimum absolute atomic E-state index is 0.291. The molecular formula is C6H9N3O2. The summed E-state index contributed by atoms with van der Waals surface area (Å²) in [5.74, 6) is 0.291. The number of rotatable bonds is 2. The van der Waals surface area contributed by atoms with Gasteiger partial charge in [-0.1, -0.05) is 0 Å². The van der Waals surface area contributed by atoms with E-state index in [1.165, 1.54) is 12.4 Å². The summed E-state index contributed by atoms with van der Waals surface area (Å²) in [4.78, 5) is 7.44. The molecular weight excluding hydrogens is 146 g/mol. The summed E-state index contributed by atoms with van der Waals surface area (Å²) in [6.07, 6.45) is 1.69. The Bertz CT molecular complexity index is 224. The van der Waals surface area contributed by atoms with Gasteiger partial charge in [0.15, 0.2) is 0 Å². The SMILES string of the molecule is Nc1cnc(C(O)CO)cn1. The van der Waals surface area contributed by atoms with E-state index in [4.69, 9.17) is 15.9 Å². The van der Waals surface area contributed by atoms with Crippen LogP contribution in [0.3, 0.4) is 0 Å². The minimum Gasteiger partial charge on any atom is -0.393 e. The van der Waals surface area contributed by atoms with Gasteiger partial charge in [0.25, 0.3) is 0 Å². The van der Waals surface area contributed by atoms with Crippen molar-refractivity contribution in [2.24, 2.45) is 0 Å². The van der Waals surface area contributed by atoms with Gasteiger partial charge in [-0.25, -0.2) is 4.98 Å². The maximum atomic E-state index is 9.03. The first kappa shape index (κ1) is 7.90. The van der Waals surface area contributed by atoms with Gasteiger partial charge in [-0.15, -0.1) is 0 Å². The maximum Gasteiger partial charge on any atom is 0.141 e. The Hall–Kier alpha value is -1.20. The third kappa shape index (κ3) is 1.86. The lowest BCUT2D eigenvalue weighted by molar-refractivity contribution is 0.0920. The molecule has 0 spiro atoms. The highest BCUT2D eigenvalue weighted by Gasteiger charge is 2.06. The number of nitrogens with two attached hydrogens (primary N) is 1. The molecule has 1 rings (SSSR count). The van der Waals surface area contributed by atoms with E-state index < -0.39 is 6.10 Å². The lowest BCUT2D eigenvalue weighted by Crippen LogP contribution is -2.06. The van der Waals surface area contributed by atoms with Gasteiger partial charge in [-0.05, 0) is 0 Å². The van der Waals surface area contributed by atoms with Gasteiger partial charge in [0.2, 0.25) is 0 Å². The van der Waals surface area contributed by atoms with Crippen molar-refractivity contribution in [3.63, 3.8) is 0 Å². The Balaban J connectivity index is 2.81. The zero-order chi connectivity index (χ0) is 8.27. The van der Waals surface area contributed by atoms with Crippen LogP contribution in [-0.2, 0) is 0 Å². The van der Waals surface area contributed by atoms with Crippen molar-refractivity contribution in [3.05, 3.63) is 18.1 Å². The zero-order valence-corrected chi connectivity index (χ0v) is 5.81. The van der Waals surface area contributed by atoms with Gasteiger partial charge in [0.1, 0.15) is 11.9 Å². The van der Waals surface area contributed by atoms with Crippen molar-refractivity contribution >= 4 is 5.82 Å². The van der Waals surface area contributed by atoms with E-state index in [1.54, 1.807) is 0 Å². The lowest BCUT2D eigenvalue weighted by Gasteiger charge is -2.04. The van der Waals surface area contributed by atoms with Crippen LogP contribution in [-0.4, -0.2) is 26.8 Å². The van der Waals surface area contributed by atoms with E-state index in [0.717, 1.165) is 0 Å². The van der Waals surface area contributed by atoms with E-state index in [9.17, 15) is 0 Å². The summed E-state index contributed by atoms with van der Waals surface area (Å²) < 4.78 is 0. The van der Waals surface area contributed by atoms with Crippen LogP contribution in [0.2, 0.25) is 0 Å². The van der Waals surface area contributed by atoms with Crippen LogP contribution in [0.1, 0.15) is 11.8 Å². The quantitative estimate of drug-likeness (QED) is 0.514. The second-order valence-corrected chi connectivity index (χ2v) is 2.06. The fourth-order valence-corrected chi connectivity index (χ4v) is 0.614. The first-order valence-corrected chi connectivity index (χ1v) is 3.10. The number of aliphatic hydroxyl groups excluding tert-OH is 2. The summed E-state index contributed by atoms with van der Waals surface area (Å²) in [7, 11) is 0. The van der Waals surface area contributed by atoms with E-state index in [0.29, 0.717) is 11.5 Å². The normalized spacial score (nSPS) is 12.9. The number of anilines is 1. The molecule has 0 aliphatic rings. The number of hydrogen-bond acceptors (Lipinski definition) is 5. The van der Waals surface area contributed by atoms with Crippen LogP contribution in [0.15, 0.2) is 12.4 Å². The predicted octanol–water partition coefficient (Wildman–Crippen LogP) is -0.916. The maximum absolute atomic E-state index is 9.03. The van der Waals surface area contributed by atoms with E-state index in [1.807, 2.05) is 0 Å². The minimum atomic E-state index is -0.969. The fraction of sp³-hybridized carbons (Fsp3) is 0.333. The van der Waals surface area contributed by atoms with Crippen LogP contribution < -0.4 is 5.73 Å². The molecule has 0 radical (unpaired) electrons. The van der Waals surface area contributed by atoms with Crippen LogP contribution >= 0.6 is 0 Å². The standard InChI is InChI=1S/C6H9N3O2/c7-6-2-8-4(1-9-6)5(11)3-10/h1-2,5,10-11H,3H2,(H2,7,9). The van der Waals surface area contributed by atoms with Gasteiger partial charge in [-0.2, -0.15) is 0 Å². The molecule has 0 aliphatic carbocycles. The Morgan fingerprint density at radius 1 is 1.45 bits per heavy atom. The molecule has 1 aromatic heterocycles. The average molecular weight is 155 g/mol. The first-order valence-electron chi connectivity index (χ1n) is 3.10. The van der Waals surface area contributed by atoms with Gasteiger partial charge >= 0.3 is 0 Å². The largest absolute Gasteiger partial charge is 0.393 e. The van der Waals surface area contributed by atoms with Gasteiger partial charge in [0, 0.05) is 0 Å². The predicted molar refractivity (Wildman–Crippen MR) is 38.5 cm³/mol. The summed E-state index contributed by atoms with van der Waals surface area (Å²) >= 11 is 0. The Morgan fingerprint density at radius 3 is 2.64 bits per heavy atom. The van der Waals surface area contributed by atoms with Crippen molar-refractivity contribution < 1.29 is 10.2 Å². The van der Waals surface area contributed by atoms with Crippen LogP contribution in [0.5, 0.6) is 0 Å². The zero-order valence-electron chi connectivity index (χ0n) is 5.81. The molecule has 11 heavy (non-hydrogen) atoms. The molecule has 60 valence electrons. The number of nitrogens with zero attached hydrogens (tertiary/aromatic N) is 2. The van der Waals surface area contributed by atoms with Crippen molar-refractivity contribution in [2.75, 3.05) is 12.3 Å². The van der Waals surface area contributed by atoms with Gasteiger partial charge in [-0.3, -0.25) is 4.98 Å². The van der Waals surface area contributed by atoms with Crippen molar-refractivity contribution in [1.29, 1.82) is 0 Å². The molecule has 5 heteroatoms. The third-order valence-corrected chi connectivity index (χ3v) is 1.21. The average Bonchev–Trinajstić information content (AvgIpc) is 2.05. The van der Waals surface area contributed by atoms with Crippen LogP contribution in [0, 0.1) is 0 Å². The van der Waals surface area contributed by atoms with Crippen LogP contribution in [0.4, 0.5) is 5.82 Å². The summed E-state index contributed by atoms with van der Waals surface area (Å²) in [5.41, 5.74) is 5.57. The molecule has 1 aromatic rings. The first-order chi connectivity index (χ1) is 5.24. The number of aliphatic hydroxyl groups is 2. The fourth-order valence-electron chi connectivity index (χ4n) is 0.614. The third-order valence-electron chi connectivity index (χ3n) is 1.21. The molecule has 0 bridgehead atoms. The highest BCUT2D eigenvalue weighted by Crippen LogP contribution is 2.06. The van der Waals surface area contributed by atoms with E-state index >= 15 is 0 Å². The Labute approximate surface area is 63.5 Å². The van der Waals surface area contributed by atoms with Crippen molar-refractivity contribution in [3.8, 4) is 0 Å². The number of nitrogen functional groups attached to an aromatic ring is 1. The molecule has 1 atom stereocenters. The lowest BCUT2D eigenvalue weighted by atomic mass is 10.3. The Morgan fingerprint density at radius 2 is 2.18 bits per heavy atom. The number of aromatic nitrogens is 2. The van der Waals surface area contributed by atoms with Gasteiger partial charge in [0.05, 0.1) is 24.7 Å². The molecule has 0 fully saturated rings. The highest BCUT2D eigenvalue weighted by atomic mass is 16.3. The number of hydrogen-bond donors (Lipinski definition) is 3. The molecule has 0 aliphatic heterocycles. The summed E-state index contributed by atoms with van der Waals surface area (Å²) in [5, 5.41) is 17.5. The molecule has 0 amide bonds. The van der Waals surface area contributed by atoms with Crippen molar-refractivity contribution in [2.45, 2.75) is 6.10 Å². The highest BCUT2D eigenvalue weighted by molar-refractivity contribution is 5.23. The molecule has 0 aromatic carbocycles. The molecule has 0 saturated heterocycles. The van der Waals surface area contributed by atoms with Crippen LogP contribution in [0.25, 0.3) is 0 Å². The van der Waals surface area contributed by atoms with Crippen molar-refractivity contribution in [1.82, 2.24) is 9.97 Å². The second kappa shape index (κ2) is 3.27.